The quantitative estimate of drug-likeness (QED) is 0.558. The lowest BCUT2D eigenvalue weighted by Gasteiger charge is -2.38. The first kappa shape index (κ1) is 20.3. The average molecular weight is 409 g/mol. The fourth-order valence-electron chi connectivity index (χ4n) is 4.26. The molecule has 0 aliphatic carbocycles. The first-order valence-electron chi connectivity index (χ1n) is 10.5. The molecule has 1 aromatic heterocycles. The Morgan fingerprint density at radius 2 is 1.70 bits per heavy atom. The summed E-state index contributed by atoms with van der Waals surface area (Å²) in [6.45, 7) is 5.82. The van der Waals surface area contributed by atoms with Gasteiger partial charge in [-0.25, -0.2) is 4.98 Å². The zero-order valence-corrected chi connectivity index (χ0v) is 17.0. The van der Waals surface area contributed by atoms with Crippen LogP contribution in [0.5, 0.6) is 0 Å². The van der Waals surface area contributed by atoms with Crippen LogP contribution in [0.4, 0.5) is 11.5 Å². The maximum absolute atomic E-state index is 13.0. The van der Waals surface area contributed by atoms with Crippen molar-refractivity contribution in [1.82, 2.24) is 14.8 Å². The normalized spacial score (nSPS) is 18.4. The summed E-state index contributed by atoms with van der Waals surface area (Å²) in [6.07, 6.45) is 2.88. The molecule has 4 rings (SSSR count). The van der Waals surface area contributed by atoms with Crippen LogP contribution in [0, 0.1) is 16.0 Å². The van der Waals surface area contributed by atoms with Crippen LogP contribution in [-0.2, 0) is 11.3 Å². The first-order valence-corrected chi connectivity index (χ1v) is 10.5. The zero-order chi connectivity index (χ0) is 20.9. The number of aromatic nitrogens is 1. The summed E-state index contributed by atoms with van der Waals surface area (Å²) < 4.78 is 0. The molecule has 2 aliphatic heterocycles. The van der Waals surface area contributed by atoms with E-state index in [1.807, 2.05) is 11.0 Å². The molecule has 0 unspecified atom stereocenters. The molecule has 0 atom stereocenters. The molecular weight excluding hydrogens is 382 g/mol. The third kappa shape index (κ3) is 4.76. The minimum Gasteiger partial charge on any atom is -0.357 e. The van der Waals surface area contributed by atoms with Crippen molar-refractivity contribution in [3.8, 4) is 0 Å². The lowest BCUT2D eigenvalue weighted by atomic mass is 9.95. The Kier molecular flexibility index (Phi) is 6.23. The fraction of sp³-hybridized carbons (Fsp3) is 0.455. The molecule has 0 spiro atoms. The second-order valence-electron chi connectivity index (χ2n) is 7.98. The lowest BCUT2D eigenvalue weighted by Crippen LogP contribution is -2.51. The van der Waals surface area contributed by atoms with Gasteiger partial charge in [-0.3, -0.25) is 19.8 Å². The van der Waals surface area contributed by atoms with E-state index in [4.69, 9.17) is 0 Å². The van der Waals surface area contributed by atoms with Crippen molar-refractivity contribution in [3.05, 3.63) is 64.3 Å². The number of anilines is 1. The van der Waals surface area contributed by atoms with Gasteiger partial charge < -0.3 is 9.80 Å². The number of piperidine rings is 1. The van der Waals surface area contributed by atoms with E-state index in [0.29, 0.717) is 0 Å². The molecule has 2 fully saturated rings. The number of rotatable bonds is 5. The van der Waals surface area contributed by atoms with E-state index >= 15 is 0 Å². The Morgan fingerprint density at radius 1 is 1.00 bits per heavy atom. The van der Waals surface area contributed by atoms with E-state index in [2.05, 4.69) is 39.0 Å². The topological polar surface area (TPSA) is 82.8 Å². The highest BCUT2D eigenvalue weighted by Gasteiger charge is 2.30. The van der Waals surface area contributed by atoms with Gasteiger partial charge in [-0.15, -0.1) is 0 Å². The van der Waals surface area contributed by atoms with E-state index in [9.17, 15) is 14.9 Å². The Balaban J connectivity index is 1.24. The minimum atomic E-state index is -0.443. The summed E-state index contributed by atoms with van der Waals surface area (Å²) >= 11 is 0. The number of hydrogen-bond acceptors (Lipinski definition) is 6. The average Bonchev–Trinajstić information content (AvgIpc) is 2.80. The summed E-state index contributed by atoms with van der Waals surface area (Å²) in [6, 6.07) is 13.6. The number of hydrogen-bond donors (Lipinski definition) is 0. The Hall–Kier alpha value is -3.00. The highest BCUT2D eigenvalue weighted by atomic mass is 16.6. The van der Waals surface area contributed by atoms with E-state index < -0.39 is 4.92 Å². The number of nitrogens with zero attached hydrogens (tertiary/aromatic N) is 5. The molecule has 1 amide bonds. The van der Waals surface area contributed by atoms with Crippen LogP contribution in [-0.4, -0.2) is 64.9 Å². The van der Waals surface area contributed by atoms with Gasteiger partial charge in [-0.1, -0.05) is 30.3 Å². The third-order valence-electron chi connectivity index (χ3n) is 6.04. The van der Waals surface area contributed by atoms with Crippen molar-refractivity contribution in [2.45, 2.75) is 19.4 Å². The number of amides is 1. The second-order valence-corrected chi connectivity index (χ2v) is 7.98. The van der Waals surface area contributed by atoms with Crippen molar-refractivity contribution < 1.29 is 9.72 Å². The number of carbonyl (C=O) groups is 1. The molecule has 2 aliphatic rings. The SMILES string of the molecule is O=C(C1CCN(c2ccc([N+](=O)[O-])cn2)CC1)N1CCN(Cc2ccccc2)CC1. The maximum atomic E-state index is 13.0. The van der Waals surface area contributed by atoms with Crippen molar-refractivity contribution in [2.75, 3.05) is 44.2 Å². The number of piperazine rings is 1. The molecule has 2 saturated heterocycles. The summed E-state index contributed by atoms with van der Waals surface area (Å²) in [5, 5.41) is 10.8. The zero-order valence-electron chi connectivity index (χ0n) is 17.0. The predicted molar refractivity (Wildman–Crippen MR) is 114 cm³/mol. The molecule has 0 bridgehead atoms. The highest BCUT2D eigenvalue weighted by molar-refractivity contribution is 5.79. The van der Waals surface area contributed by atoms with Gasteiger partial charge >= 0.3 is 0 Å². The molecule has 8 heteroatoms. The smallest absolute Gasteiger partial charge is 0.287 e. The van der Waals surface area contributed by atoms with Crippen LogP contribution in [0.25, 0.3) is 0 Å². The van der Waals surface area contributed by atoms with Crippen LogP contribution in [0.1, 0.15) is 18.4 Å². The summed E-state index contributed by atoms with van der Waals surface area (Å²) in [5.74, 6) is 1.06. The monoisotopic (exact) mass is 409 g/mol. The van der Waals surface area contributed by atoms with Crippen molar-refractivity contribution >= 4 is 17.4 Å². The van der Waals surface area contributed by atoms with E-state index in [0.717, 1.165) is 64.5 Å². The molecule has 158 valence electrons. The van der Waals surface area contributed by atoms with Gasteiger partial charge in [0.1, 0.15) is 12.0 Å². The fourth-order valence-corrected chi connectivity index (χ4v) is 4.26. The highest BCUT2D eigenvalue weighted by Crippen LogP contribution is 2.25. The van der Waals surface area contributed by atoms with E-state index in [-0.39, 0.29) is 17.5 Å². The van der Waals surface area contributed by atoms with Crippen molar-refractivity contribution in [1.29, 1.82) is 0 Å². The summed E-state index contributed by atoms with van der Waals surface area (Å²) in [4.78, 5) is 34.0. The maximum Gasteiger partial charge on any atom is 0.287 e. The van der Waals surface area contributed by atoms with Crippen molar-refractivity contribution in [3.63, 3.8) is 0 Å². The van der Waals surface area contributed by atoms with Gasteiger partial charge in [0.25, 0.3) is 5.69 Å². The minimum absolute atomic E-state index is 0.00443. The lowest BCUT2D eigenvalue weighted by molar-refractivity contribution is -0.385. The number of carbonyl (C=O) groups excluding carboxylic acids is 1. The van der Waals surface area contributed by atoms with E-state index in [1.54, 1.807) is 6.07 Å². The van der Waals surface area contributed by atoms with Gasteiger partial charge in [-0.05, 0) is 24.5 Å². The van der Waals surface area contributed by atoms with Crippen LogP contribution in [0.3, 0.4) is 0 Å². The Labute approximate surface area is 176 Å². The summed E-state index contributed by atoms with van der Waals surface area (Å²) in [5.41, 5.74) is 1.31. The van der Waals surface area contributed by atoms with Crippen LogP contribution in [0.15, 0.2) is 48.7 Å². The molecule has 0 saturated carbocycles. The molecule has 3 heterocycles. The molecule has 8 nitrogen and oxygen atoms in total. The van der Waals surface area contributed by atoms with Crippen LogP contribution in [0.2, 0.25) is 0 Å². The Morgan fingerprint density at radius 3 is 2.30 bits per heavy atom. The standard InChI is InChI=1S/C22H27N5O3/c28-22(26-14-12-24(13-15-26)17-18-4-2-1-3-5-18)19-8-10-25(11-9-19)21-7-6-20(16-23-21)27(29)30/h1-7,16,19H,8-15,17H2. The van der Waals surface area contributed by atoms with Gasteiger partial charge in [-0.2, -0.15) is 0 Å². The number of benzene rings is 1. The van der Waals surface area contributed by atoms with Gasteiger partial charge in [0, 0.05) is 57.8 Å². The first-order chi connectivity index (χ1) is 14.6. The van der Waals surface area contributed by atoms with Gasteiger partial charge in [0.2, 0.25) is 5.91 Å². The van der Waals surface area contributed by atoms with Gasteiger partial charge in [0.15, 0.2) is 0 Å². The molecule has 2 aromatic rings. The van der Waals surface area contributed by atoms with Crippen molar-refractivity contribution in [2.24, 2.45) is 5.92 Å². The molecular formula is C22H27N5O3. The molecule has 30 heavy (non-hydrogen) atoms. The second kappa shape index (κ2) is 9.21. The third-order valence-corrected chi connectivity index (χ3v) is 6.04. The van der Waals surface area contributed by atoms with Crippen LogP contribution >= 0.6 is 0 Å². The molecule has 0 radical (unpaired) electrons. The molecule has 1 aromatic carbocycles. The Bertz CT molecular complexity index is 858. The summed E-state index contributed by atoms with van der Waals surface area (Å²) in [7, 11) is 0. The predicted octanol–water partition coefficient (Wildman–Crippen LogP) is 2.55. The van der Waals surface area contributed by atoms with E-state index in [1.165, 1.54) is 17.8 Å². The number of nitro groups is 1. The van der Waals surface area contributed by atoms with Gasteiger partial charge in [0.05, 0.1) is 4.92 Å². The molecule has 0 N–H and O–H groups in total. The van der Waals surface area contributed by atoms with Crippen LogP contribution < -0.4 is 4.90 Å². The number of pyridine rings is 1. The largest absolute Gasteiger partial charge is 0.357 e.